The van der Waals surface area contributed by atoms with Gasteiger partial charge in [-0.1, -0.05) is 11.8 Å². The SMILES string of the molecule is CC(=O)C(Sc1ncnc2sc(C)c(C)c12)=C(C)O. The number of carbonyl (C=O) groups is 1. The number of ketones is 1. The molecule has 0 aliphatic heterocycles. The first kappa shape index (κ1) is 14.0. The molecule has 2 aromatic heterocycles. The molecule has 0 aliphatic carbocycles. The Bertz CT molecular complexity index is 685. The number of aliphatic hydroxyl groups is 1. The van der Waals surface area contributed by atoms with Gasteiger partial charge in [-0.2, -0.15) is 0 Å². The predicted octanol–water partition coefficient (Wildman–Crippen LogP) is 3.78. The minimum absolute atomic E-state index is 0.0221. The summed E-state index contributed by atoms with van der Waals surface area (Å²) in [6.45, 7) is 7.00. The molecule has 1 N–H and O–H groups in total. The van der Waals surface area contributed by atoms with E-state index in [1.54, 1.807) is 11.3 Å². The van der Waals surface area contributed by atoms with Gasteiger partial charge in [0, 0.05) is 10.3 Å². The normalized spacial score (nSPS) is 12.6. The number of thiophene rings is 1. The van der Waals surface area contributed by atoms with Gasteiger partial charge >= 0.3 is 0 Å². The summed E-state index contributed by atoms with van der Waals surface area (Å²) in [6.07, 6.45) is 1.49. The van der Waals surface area contributed by atoms with Gasteiger partial charge in [0.2, 0.25) is 0 Å². The van der Waals surface area contributed by atoms with Crippen molar-refractivity contribution in [2.24, 2.45) is 0 Å². The Morgan fingerprint density at radius 3 is 2.58 bits per heavy atom. The summed E-state index contributed by atoms with van der Waals surface area (Å²) in [4.78, 5) is 22.5. The van der Waals surface area contributed by atoms with E-state index >= 15 is 0 Å². The highest BCUT2D eigenvalue weighted by atomic mass is 32.2. The Kier molecular flexibility index (Phi) is 3.91. The third-order valence-corrected chi connectivity index (χ3v) is 5.18. The van der Waals surface area contributed by atoms with Gasteiger partial charge in [-0.25, -0.2) is 9.97 Å². The maximum atomic E-state index is 11.5. The molecule has 6 heteroatoms. The van der Waals surface area contributed by atoms with Gasteiger partial charge in [0.1, 0.15) is 21.9 Å². The van der Waals surface area contributed by atoms with E-state index < -0.39 is 0 Å². The highest BCUT2D eigenvalue weighted by molar-refractivity contribution is 8.04. The lowest BCUT2D eigenvalue weighted by molar-refractivity contribution is -0.113. The lowest BCUT2D eigenvalue weighted by Crippen LogP contribution is -1.97. The van der Waals surface area contributed by atoms with Crippen molar-refractivity contribution in [1.29, 1.82) is 0 Å². The zero-order valence-electron chi connectivity index (χ0n) is 11.1. The Morgan fingerprint density at radius 1 is 1.32 bits per heavy atom. The largest absolute Gasteiger partial charge is 0.511 e. The summed E-state index contributed by atoms with van der Waals surface area (Å²) in [7, 11) is 0. The fourth-order valence-corrected chi connectivity index (χ4v) is 3.72. The van der Waals surface area contributed by atoms with Crippen molar-refractivity contribution in [2.75, 3.05) is 0 Å². The average molecular weight is 294 g/mol. The van der Waals surface area contributed by atoms with E-state index in [-0.39, 0.29) is 11.5 Å². The Labute approximate surface area is 119 Å². The summed E-state index contributed by atoms with van der Waals surface area (Å²) >= 11 is 2.81. The number of hydrogen-bond acceptors (Lipinski definition) is 6. The minimum atomic E-state index is -0.165. The molecule has 0 spiro atoms. The summed E-state index contributed by atoms with van der Waals surface area (Å²) in [5, 5.41) is 11.3. The van der Waals surface area contributed by atoms with E-state index in [9.17, 15) is 9.90 Å². The van der Waals surface area contributed by atoms with Crippen LogP contribution in [0, 0.1) is 13.8 Å². The Morgan fingerprint density at radius 2 is 2.00 bits per heavy atom. The van der Waals surface area contributed by atoms with Crippen LogP contribution in [0.4, 0.5) is 0 Å². The molecule has 0 fully saturated rings. The maximum absolute atomic E-state index is 11.5. The molecule has 0 saturated carbocycles. The van der Waals surface area contributed by atoms with Crippen LogP contribution in [-0.2, 0) is 4.79 Å². The van der Waals surface area contributed by atoms with Crippen molar-refractivity contribution in [1.82, 2.24) is 9.97 Å². The van der Waals surface area contributed by atoms with E-state index in [4.69, 9.17) is 0 Å². The van der Waals surface area contributed by atoms with Crippen molar-refractivity contribution in [2.45, 2.75) is 32.7 Å². The predicted molar refractivity (Wildman–Crippen MR) is 78.8 cm³/mol. The maximum Gasteiger partial charge on any atom is 0.169 e. The van der Waals surface area contributed by atoms with Crippen LogP contribution in [0.25, 0.3) is 10.2 Å². The number of aryl methyl sites for hydroxylation is 2. The summed E-state index contributed by atoms with van der Waals surface area (Å²) in [5.41, 5.74) is 1.13. The van der Waals surface area contributed by atoms with Crippen molar-refractivity contribution in [3.8, 4) is 0 Å². The third-order valence-electron chi connectivity index (χ3n) is 2.78. The quantitative estimate of drug-likeness (QED) is 0.404. The molecular weight excluding hydrogens is 280 g/mol. The Hall–Kier alpha value is -1.40. The molecule has 19 heavy (non-hydrogen) atoms. The van der Waals surface area contributed by atoms with E-state index in [2.05, 4.69) is 9.97 Å². The van der Waals surface area contributed by atoms with Crippen LogP contribution in [-0.4, -0.2) is 20.9 Å². The first-order chi connectivity index (χ1) is 8.91. The van der Waals surface area contributed by atoms with E-state index in [0.717, 1.165) is 15.8 Å². The monoisotopic (exact) mass is 294 g/mol. The lowest BCUT2D eigenvalue weighted by atomic mass is 10.2. The highest BCUT2D eigenvalue weighted by Crippen LogP contribution is 2.37. The van der Waals surface area contributed by atoms with Gasteiger partial charge in [0.05, 0.1) is 4.91 Å². The average Bonchev–Trinajstić information content (AvgIpc) is 2.62. The fraction of sp³-hybridized carbons (Fsp3) is 0.308. The zero-order chi connectivity index (χ0) is 14.2. The number of aliphatic hydroxyl groups excluding tert-OH is 1. The molecule has 0 aliphatic rings. The van der Waals surface area contributed by atoms with Crippen LogP contribution in [0.3, 0.4) is 0 Å². The molecule has 0 atom stereocenters. The van der Waals surface area contributed by atoms with Crippen molar-refractivity contribution < 1.29 is 9.90 Å². The molecule has 0 amide bonds. The fourth-order valence-electron chi connectivity index (χ4n) is 1.72. The molecular formula is C13H14N2O2S2. The van der Waals surface area contributed by atoms with Gasteiger partial charge in [-0.05, 0) is 33.3 Å². The van der Waals surface area contributed by atoms with Crippen molar-refractivity contribution in [3.05, 3.63) is 27.4 Å². The summed E-state index contributed by atoms with van der Waals surface area (Å²) in [6, 6.07) is 0. The van der Waals surface area contributed by atoms with Gasteiger partial charge in [0.25, 0.3) is 0 Å². The highest BCUT2D eigenvalue weighted by Gasteiger charge is 2.17. The molecule has 0 unspecified atom stereocenters. The zero-order valence-corrected chi connectivity index (χ0v) is 12.8. The molecule has 2 heterocycles. The molecule has 0 radical (unpaired) electrons. The summed E-state index contributed by atoms with van der Waals surface area (Å²) < 4.78 is 0. The number of allylic oxidation sites excluding steroid dienone is 2. The number of fused-ring (bicyclic) bond motifs is 1. The van der Waals surface area contributed by atoms with Crippen molar-refractivity contribution >= 4 is 39.1 Å². The smallest absolute Gasteiger partial charge is 0.169 e. The number of carbonyl (C=O) groups excluding carboxylic acids is 1. The molecule has 0 aromatic carbocycles. The number of Topliss-reactive ketones (excluding diaryl/α,β-unsaturated/α-hetero) is 1. The summed E-state index contributed by atoms with van der Waals surface area (Å²) in [5.74, 6) is -0.143. The van der Waals surface area contributed by atoms with Crippen LogP contribution in [0.1, 0.15) is 24.3 Å². The number of nitrogens with zero attached hydrogens (tertiary/aromatic N) is 2. The number of rotatable bonds is 3. The van der Waals surface area contributed by atoms with Crippen molar-refractivity contribution in [3.63, 3.8) is 0 Å². The molecule has 2 aromatic rings. The van der Waals surface area contributed by atoms with Crippen LogP contribution in [0.15, 0.2) is 22.0 Å². The van der Waals surface area contributed by atoms with Gasteiger partial charge in [-0.15, -0.1) is 11.3 Å². The number of aromatic nitrogens is 2. The second kappa shape index (κ2) is 5.30. The van der Waals surface area contributed by atoms with Gasteiger partial charge in [-0.3, -0.25) is 4.79 Å². The molecule has 2 rings (SSSR count). The van der Waals surface area contributed by atoms with Crippen LogP contribution in [0.5, 0.6) is 0 Å². The van der Waals surface area contributed by atoms with Crippen LogP contribution in [0.2, 0.25) is 0 Å². The number of hydrogen-bond donors (Lipinski definition) is 1. The van der Waals surface area contributed by atoms with E-state index in [1.165, 1.54) is 36.8 Å². The topological polar surface area (TPSA) is 63.1 Å². The van der Waals surface area contributed by atoms with Crippen LogP contribution < -0.4 is 0 Å². The van der Waals surface area contributed by atoms with E-state index in [0.29, 0.717) is 9.93 Å². The molecule has 100 valence electrons. The van der Waals surface area contributed by atoms with Crippen LogP contribution >= 0.6 is 23.1 Å². The standard InChI is InChI=1S/C13H14N2O2S2/c1-6-9(4)18-12-10(6)13(15-5-14-12)19-11(7(2)16)8(3)17/h5,16H,1-4H3. The second-order valence-electron chi connectivity index (χ2n) is 4.22. The van der Waals surface area contributed by atoms with Gasteiger partial charge < -0.3 is 5.11 Å². The van der Waals surface area contributed by atoms with Gasteiger partial charge in [0.15, 0.2) is 5.78 Å². The number of thioether (sulfide) groups is 1. The second-order valence-corrected chi connectivity index (χ2v) is 6.42. The lowest BCUT2D eigenvalue weighted by Gasteiger charge is -2.05. The minimum Gasteiger partial charge on any atom is -0.511 e. The Balaban J connectivity index is 2.58. The molecule has 4 nitrogen and oxygen atoms in total. The molecule has 0 saturated heterocycles. The first-order valence-electron chi connectivity index (χ1n) is 5.71. The van der Waals surface area contributed by atoms with E-state index in [1.807, 2.05) is 13.8 Å². The third kappa shape index (κ3) is 2.64. The first-order valence-corrected chi connectivity index (χ1v) is 7.34. The molecule has 0 bridgehead atoms.